The van der Waals surface area contributed by atoms with Crippen molar-refractivity contribution < 1.29 is 14.4 Å². The molecule has 21 heavy (non-hydrogen) atoms. The molecule has 2 rings (SSSR count). The highest BCUT2D eigenvalue weighted by Gasteiger charge is 2.08. The van der Waals surface area contributed by atoms with Crippen molar-refractivity contribution in [2.45, 2.75) is 6.92 Å². The zero-order chi connectivity index (χ0) is 15.2. The van der Waals surface area contributed by atoms with Crippen molar-refractivity contribution in [2.75, 3.05) is 5.32 Å². The van der Waals surface area contributed by atoms with Gasteiger partial charge in [0, 0.05) is 16.8 Å². The lowest BCUT2D eigenvalue weighted by molar-refractivity contribution is 0.101. The number of benzene rings is 2. The van der Waals surface area contributed by atoms with Crippen LogP contribution < -0.4 is 5.32 Å². The zero-order valence-electron chi connectivity index (χ0n) is 11.3. The average Bonchev–Trinajstić information content (AvgIpc) is 2.48. The second-order valence-electron chi connectivity index (χ2n) is 4.34. The van der Waals surface area contributed by atoms with Gasteiger partial charge in [-0.3, -0.25) is 9.59 Å². The Morgan fingerprint density at radius 1 is 1.05 bits per heavy atom. The van der Waals surface area contributed by atoms with Crippen LogP contribution in [-0.2, 0) is 4.79 Å². The van der Waals surface area contributed by atoms with E-state index >= 15 is 0 Å². The molecule has 0 heterocycles. The van der Waals surface area contributed by atoms with E-state index in [1.54, 1.807) is 42.5 Å². The Labute approximate surface area is 121 Å². The van der Waals surface area contributed by atoms with Gasteiger partial charge in [-0.2, -0.15) is 4.99 Å². The minimum atomic E-state index is -0.348. The molecule has 0 spiro atoms. The van der Waals surface area contributed by atoms with Crippen LogP contribution in [0.1, 0.15) is 27.6 Å². The minimum absolute atomic E-state index is 0.0755. The Kier molecular flexibility index (Phi) is 4.39. The first-order valence-electron chi connectivity index (χ1n) is 6.20. The number of rotatable bonds is 4. The number of nitrogens with one attached hydrogen (secondary N) is 1. The highest BCUT2D eigenvalue weighted by atomic mass is 16.1. The molecule has 104 valence electrons. The van der Waals surface area contributed by atoms with E-state index in [0.717, 1.165) is 0 Å². The van der Waals surface area contributed by atoms with E-state index < -0.39 is 0 Å². The fourth-order valence-corrected chi connectivity index (χ4v) is 1.79. The zero-order valence-corrected chi connectivity index (χ0v) is 11.3. The van der Waals surface area contributed by atoms with Gasteiger partial charge < -0.3 is 5.32 Å². The van der Waals surface area contributed by atoms with E-state index in [9.17, 15) is 14.4 Å². The summed E-state index contributed by atoms with van der Waals surface area (Å²) >= 11 is 0. The van der Waals surface area contributed by atoms with Gasteiger partial charge in [0.05, 0.1) is 5.69 Å². The van der Waals surface area contributed by atoms with Crippen molar-refractivity contribution in [2.24, 2.45) is 4.99 Å². The first kappa shape index (κ1) is 14.4. The molecule has 5 nitrogen and oxygen atoms in total. The number of aliphatic imine (C=N–C) groups is 1. The summed E-state index contributed by atoms with van der Waals surface area (Å²) in [5, 5.41) is 2.69. The molecule has 0 aliphatic carbocycles. The summed E-state index contributed by atoms with van der Waals surface area (Å²) in [6.45, 7) is 1.46. The minimum Gasteiger partial charge on any atom is -0.322 e. The van der Waals surface area contributed by atoms with Gasteiger partial charge in [0.2, 0.25) is 6.08 Å². The molecule has 0 bridgehead atoms. The summed E-state index contributed by atoms with van der Waals surface area (Å²) in [5.74, 6) is -0.424. The first-order chi connectivity index (χ1) is 10.1. The van der Waals surface area contributed by atoms with Crippen molar-refractivity contribution >= 4 is 29.1 Å². The fourth-order valence-electron chi connectivity index (χ4n) is 1.79. The maximum absolute atomic E-state index is 12.1. The Hall–Kier alpha value is -3.04. The van der Waals surface area contributed by atoms with E-state index in [1.165, 1.54) is 19.1 Å². The van der Waals surface area contributed by atoms with Crippen LogP contribution in [0, 0.1) is 0 Å². The fraction of sp³-hybridized carbons (Fsp3) is 0.0625. The van der Waals surface area contributed by atoms with Gasteiger partial charge in [-0.15, -0.1) is 0 Å². The molecule has 0 saturated carbocycles. The molecule has 2 aromatic carbocycles. The second-order valence-corrected chi connectivity index (χ2v) is 4.34. The SMILES string of the molecule is CC(=O)c1cccc(NC(=O)c2cccc(N=C=O)c2)c1. The highest BCUT2D eigenvalue weighted by Crippen LogP contribution is 2.16. The van der Waals surface area contributed by atoms with Crippen LogP contribution >= 0.6 is 0 Å². The maximum atomic E-state index is 12.1. The van der Waals surface area contributed by atoms with Crippen LogP contribution in [0.25, 0.3) is 0 Å². The lowest BCUT2D eigenvalue weighted by Gasteiger charge is -2.06. The van der Waals surface area contributed by atoms with Crippen molar-refractivity contribution in [1.82, 2.24) is 0 Å². The Morgan fingerprint density at radius 3 is 2.48 bits per heavy atom. The second kappa shape index (κ2) is 6.41. The van der Waals surface area contributed by atoms with Gasteiger partial charge in [0.15, 0.2) is 5.78 Å². The summed E-state index contributed by atoms with van der Waals surface area (Å²) in [4.78, 5) is 37.1. The van der Waals surface area contributed by atoms with Crippen LogP contribution in [-0.4, -0.2) is 17.8 Å². The molecule has 0 radical (unpaired) electrons. The monoisotopic (exact) mass is 280 g/mol. The topological polar surface area (TPSA) is 75.6 Å². The normalized spacial score (nSPS) is 9.57. The molecule has 0 atom stereocenters. The number of amides is 1. The number of nitrogens with zero attached hydrogens (tertiary/aromatic N) is 1. The summed E-state index contributed by atoms with van der Waals surface area (Å²) in [6.07, 6.45) is 1.43. The quantitative estimate of drug-likeness (QED) is 0.531. The number of ketones is 1. The number of hydrogen-bond acceptors (Lipinski definition) is 4. The summed E-state index contributed by atoms with van der Waals surface area (Å²) in [7, 11) is 0. The van der Waals surface area contributed by atoms with E-state index in [-0.39, 0.29) is 11.7 Å². The number of anilines is 1. The number of carbonyl (C=O) groups is 2. The van der Waals surface area contributed by atoms with Crippen molar-refractivity contribution in [3.8, 4) is 0 Å². The average molecular weight is 280 g/mol. The van der Waals surface area contributed by atoms with Gasteiger partial charge in [0.25, 0.3) is 5.91 Å². The van der Waals surface area contributed by atoms with Crippen LogP contribution in [0.2, 0.25) is 0 Å². The lowest BCUT2D eigenvalue weighted by Crippen LogP contribution is -2.12. The predicted octanol–water partition coefficient (Wildman–Crippen LogP) is 3.11. The van der Waals surface area contributed by atoms with Gasteiger partial charge in [0.1, 0.15) is 0 Å². The van der Waals surface area contributed by atoms with Crippen LogP contribution in [0.3, 0.4) is 0 Å². The smallest absolute Gasteiger partial charge is 0.255 e. The molecule has 5 heteroatoms. The lowest BCUT2D eigenvalue weighted by atomic mass is 10.1. The van der Waals surface area contributed by atoms with Gasteiger partial charge >= 0.3 is 0 Å². The molecule has 0 saturated heterocycles. The molecule has 0 fully saturated rings. The van der Waals surface area contributed by atoms with Gasteiger partial charge in [-0.25, -0.2) is 4.79 Å². The number of Topliss-reactive ketones (excluding diaryl/α,β-unsaturated/α-hetero) is 1. The molecule has 0 aliphatic heterocycles. The molecule has 2 aromatic rings. The molecule has 1 N–H and O–H groups in total. The highest BCUT2D eigenvalue weighted by molar-refractivity contribution is 6.05. The molecule has 0 aromatic heterocycles. The Balaban J connectivity index is 2.21. The van der Waals surface area contributed by atoms with Crippen LogP contribution in [0.4, 0.5) is 11.4 Å². The van der Waals surface area contributed by atoms with E-state index in [0.29, 0.717) is 22.5 Å². The van der Waals surface area contributed by atoms with Crippen LogP contribution in [0.15, 0.2) is 53.5 Å². The van der Waals surface area contributed by atoms with Gasteiger partial charge in [-0.1, -0.05) is 18.2 Å². The summed E-state index contributed by atoms with van der Waals surface area (Å²) in [5.41, 5.74) is 1.76. The van der Waals surface area contributed by atoms with E-state index in [4.69, 9.17) is 0 Å². The summed E-state index contributed by atoms with van der Waals surface area (Å²) < 4.78 is 0. The standard InChI is InChI=1S/C16H12N2O3/c1-11(20)12-4-2-7-15(8-12)18-16(21)13-5-3-6-14(9-13)17-10-19/h2-9H,1H3,(H,18,21). The third kappa shape index (κ3) is 3.72. The molecule has 0 unspecified atom stereocenters. The number of hydrogen-bond donors (Lipinski definition) is 1. The van der Waals surface area contributed by atoms with Crippen molar-refractivity contribution in [3.05, 3.63) is 59.7 Å². The van der Waals surface area contributed by atoms with Crippen molar-refractivity contribution in [3.63, 3.8) is 0 Å². The predicted molar refractivity (Wildman–Crippen MR) is 78.6 cm³/mol. The third-order valence-electron chi connectivity index (χ3n) is 2.81. The number of carbonyl (C=O) groups excluding carboxylic acids is 3. The first-order valence-corrected chi connectivity index (χ1v) is 6.20. The number of isocyanates is 1. The van der Waals surface area contributed by atoms with Crippen LogP contribution in [0.5, 0.6) is 0 Å². The summed E-state index contributed by atoms with van der Waals surface area (Å²) in [6, 6.07) is 13.0. The van der Waals surface area contributed by atoms with Crippen molar-refractivity contribution in [1.29, 1.82) is 0 Å². The maximum Gasteiger partial charge on any atom is 0.255 e. The third-order valence-corrected chi connectivity index (χ3v) is 2.81. The molecular weight excluding hydrogens is 268 g/mol. The Bertz CT molecular complexity index is 747. The molecular formula is C16H12N2O3. The largest absolute Gasteiger partial charge is 0.322 e. The molecule has 1 amide bonds. The Morgan fingerprint density at radius 2 is 1.76 bits per heavy atom. The van der Waals surface area contributed by atoms with Gasteiger partial charge in [-0.05, 0) is 37.3 Å². The van der Waals surface area contributed by atoms with E-state index in [1.807, 2.05) is 0 Å². The van der Waals surface area contributed by atoms with E-state index in [2.05, 4.69) is 10.3 Å². The molecule has 0 aliphatic rings.